The van der Waals surface area contributed by atoms with Gasteiger partial charge in [-0.05, 0) is 35.4 Å². The smallest absolute Gasteiger partial charge is 0.274 e. The number of nitrogens with zero attached hydrogens (tertiary/aromatic N) is 2. The van der Waals surface area contributed by atoms with Crippen molar-refractivity contribution in [2.45, 2.75) is 19.6 Å². The van der Waals surface area contributed by atoms with Gasteiger partial charge in [-0.15, -0.1) is 0 Å². The van der Waals surface area contributed by atoms with Gasteiger partial charge < -0.3 is 19.9 Å². The summed E-state index contributed by atoms with van der Waals surface area (Å²) in [5.41, 5.74) is -0.114. The number of amides is 2. The van der Waals surface area contributed by atoms with Crippen LogP contribution in [0.4, 0.5) is 8.78 Å². The van der Waals surface area contributed by atoms with Crippen molar-refractivity contribution in [1.29, 1.82) is 0 Å². The molecule has 2 aromatic carbocycles. The highest BCUT2D eigenvalue weighted by atomic mass is 19.1. The molecule has 7 nitrogen and oxygen atoms in total. The molecule has 0 unspecified atom stereocenters. The molecule has 4 rings (SSSR count). The highest BCUT2D eigenvalue weighted by molar-refractivity contribution is 5.99. The third-order valence-corrected chi connectivity index (χ3v) is 5.25. The molecule has 3 aromatic rings. The molecular formula is C23H19F2N3O4. The van der Waals surface area contributed by atoms with Crippen LogP contribution >= 0.6 is 0 Å². The van der Waals surface area contributed by atoms with Gasteiger partial charge in [0.25, 0.3) is 11.8 Å². The van der Waals surface area contributed by atoms with Crippen LogP contribution in [-0.2, 0) is 19.6 Å². The minimum atomic E-state index is -0.954. The third kappa shape index (κ3) is 4.22. The Bertz CT molecular complexity index is 1240. The van der Waals surface area contributed by atoms with Gasteiger partial charge in [0.05, 0.1) is 0 Å². The Morgan fingerprint density at radius 3 is 2.16 bits per heavy atom. The Kier molecular flexibility index (Phi) is 5.72. The van der Waals surface area contributed by atoms with E-state index in [0.29, 0.717) is 11.1 Å². The molecule has 1 aromatic heterocycles. The van der Waals surface area contributed by atoms with Crippen LogP contribution in [0, 0.1) is 11.6 Å². The number of pyridine rings is 1. The van der Waals surface area contributed by atoms with Crippen LogP contribution < -0.4 is 10.7 Å². The van der Waals surface area contributed by atoms with Gasteiger partial charge in [-0.25, -0.2) is 8.78 Å². The molecule has 0 saturated carbocycles. The standard InChI is InChI=1S/C23H19F2N3O4/c24-16-5-1-14(2-6-16)11-26-22(31)18-13-27-9-10-28(12-15-3-7-17(25)8-4-15)23(32)19(27)21(30)20(18)29/h1-8,13,30H,9-12H2,(H,26,31). The zero-order chi connectivity index (χ0) is 22.8. The monoisotopic (exact) mass is 439 g/mol. The summed E-state index contributed by atoms with van der Waals surface area (Å²) in [4.78, 5) is 39.4. The Balaban J connectivity index is 1.54. The van der Waals surface area contributed by atoms with Crippen LogP contribution in [-0.4, -0.2) is 32.9 Å². The number of hydrogen-bond acceptors (Lipinski definition) is 4. The van der Waals surface area contributed by atoms with Crippen molar-refractivity contribution in [1.82, 2.24) is 14.8 Å². The summed E-state index contributed by atoms with van der Waals surface area (Å²) in [5.74, 6) is -2.87. The average Bonchev–Trinajstić information content (AvgIpc) is 2.78. The maximum atomic E-state index is 13.1. The number of fused-ring (bicyclic) bond motifs is 1. The van der Waals surface area contributed by atoms with E-state index in [2.05, 4.69) is 5.32 Å². The number of carbonyl (C=O) groups is 2. The van der Waals surface area contributed by atoms with Crippen molar-refractivity contribution in [3.8, 4) is 5.75 Å². The van der Waals surface area contributed by atoms with Crippen LogP contribution in [0.3, 0.4) is 0 Å². The second-order valence-electron chi connectivity index (χ2n) is 7.42. The summed E-state index contributed by atoms with van der Waals surface area (Å²) >= 11 is 0. The summed E-state index contributed by atoms with van der Waals surface area (Å²) in [6, 6.07) is 11.2. The lowest BCUT2D eigenvalue weighted by Gasteiger charge is -2.30. The van der Waals surface area contributed by atoms with Gasteiger partial charge in [-0.1, -0.05) is 24.3 Å². The molecule has 0 radical (unpaired) electrons. The Labute approximate surface area is 181 Å². The quantitative estimate of drug-likeness (QED) is 0.639. The third-order valence-electron chi connectivity index (χ3n) is 5.25. The molecule has 9 heteroatoms. The Morgan fingerprint density at radius 2 is 1.53 bits per heavy atom. The highest BCUT2D eigenvalue weighted by Crippen LogP contribution is 2.22. The van der Waals surface area contributed by atoms with Crippen LogP contribution in [0.1, 0.15) is 32.0 Å². The lowest BCUT2D eigenvalue weighted by Crippen LogP contribution is -2.42. The molecule has 2 heterocycles. The Hall–Kier alpha value is -4.01. The number of hydrogen-bond donors (Lipinski definition) is 2. The van der Waals surface area contributed by atoms with Gasteiger partial charge in [0.2, 0.25) is 5.43 Å². The van der Waals surface area contributed by atoms with Crippen LogP contribution in [0.5, 0.6) is 5.75 Å². The highest BCUT2D eigenvalue weighted by Gasteiger charge is 2.30. The van der Waals surface area contributed by atoms with Gasteiger partial charge in [0.1, 0.15) is 17.2 Å². The first-order valence-corrected chi connectivity index (χ1v) is 9.86. The number of aromatic hydroxyl groups is 1. The predicted molar refractivity (Wildman–Crippen MR) is 111 cm³/mol. The fourth-order valence-corrected chi connectivity index (χ4v) is 3.53. The topological polar surface area (TPSA) is 91.6 Å². The van der Waals surface area contributed by atoms with Crippen molar-refractivity contribution < 1.29 is 23.5 Å². The molecule has 164 valence electrons. The number of aromatic nitrogens is 1. The summed E-state index contributed by atoms with van der Waals surface area (Å²) in [5, 5.41) is 13.0. The van der Waals surface area contributed by atoms with E-state index in [4.69, 9.17) is 0 Å². The normalized spacial score (nSPS) is 13.1. The number of benzene rings is 2. The lowest BCUT2D eigenvalue weighted by atomic mass is 10.1. The number of rotatable bonds is 5. The van der Waals surface area contributed by atoms with Crippen molar-refractivity contribution in [2.75, 3.05) is 6.54 Å². The summed E-state index contributed by atoms with van der Waals surface area (Å²) in [6.45, 7) is 0.786. The van der Waals surface area contributed by atoms with Gasteiger partial charge in [0, 0.05) is 32.4 Å². The van der Waals surface area contributed by atoms with Gasteiger partial charge in [-0.3, -0.25) is 14.4 Å². The fraction of sp³-hybridized carbons (Fsp3) is 0.174. The first kappa shape index (κ1) is 21.2. The van der Waals surface area contributed by atoms with E-state index < -0.39 is 34.6 Å². The summed E-state index contributed by atoms with van der Waals surface area (Å²) in [6.07, 6.45) is 1.25. The molecule has 0 saturated heterocycles. The van der Waals surface area contributed by atoms with Crippen molar-refractivity contribution in [3.05, 3.63) is 99.0 Å². The van der Waals surface area contributed by atoms with E-state index >= 15 is 0 Å². The minimum Gasteiger partial charge on any atom is -0.503 e. The molecule has 2 N–H and O–H groups in total. The second-order valence-corrected chi connectivity index (χ2v) is 7.42. The molecule has 1 aliphatic heterocycles. The van der Waals surface area contributed by atoms with E-state index in [1.165, 1.54) is 52.1 Å². The first-order valence-electron chi connectivity index (χ1n) is 9.86. The maximum Gasteiger partial charge on any atom is 0.274 e. The SMILES string of the molecule is O=C(NCc1ccc(F)cc1)c1cn2c(c(O)c1=O)C(=O)N(Cc1ccc(F)cc1)CC2. The molecule has 0 aliphatic carbocycles. The van der Waals surface area contributed by atoms with Gasteiger partial charge >= 0.3 is 0 Å². The molecule has 0 bridgehead atoms. The van der Waals surface area contributed by atoms with Crippen LogP contribution in [0.2, 0.25) is 0 Å². The molecule has 32 heavy (non-hydrogen) atoms. The average molecular weight is 439 g/mol. The largest absolute Gasteiger partial charge is 0.503 e. The van der Waals surface area contributed by atoms with E-state index in [0.717, 1.165) is 0 Å². The first-order chi connectivity index (χ1) is 15.3. The summed E-state index contributed by atoms with van der Waals surface area (Å²) in [7, 11) is 0. The van der Waals surface area contributed by atoms with E-state index in [1.807, 2.05) is 0 Å². The van der Waals surface area contributed by atoms with Gasteiger partial charge in [-0.2, -0.15) is 0 Å². The van der Waals surface area contributed by atoms with E-state index in [1.54, 1.807) is 12.1 Å². The number of halogens is 2. The van der Waals surface area contributed by atoms with E-state index in [-0.39, 0.29) is 37.4 Å². The zero-order valence-electron chi connectivity index (χ0n) is 16.8. The Morgan fingerprint density at radius 1 is 0.938 bits per heavy atom. The number of carbonyl (C=O) groups excluding carboxylic acids is 2. The predicted octanol–water partition coefficient (Wildman–Crippen LogP) is 2.42. The molecule has 0 spiro atoms. The van der Waals surface area contributed by atoms with Crippen molar-refractivity contribution in [3.63, 3.8) is 0 Å². The van der Waals surface area contributed by atoms with Crippen LogP contribution in [0.25, 0.3) is 0 Å². The molecular weight excluding hydrogens is 420 g/mol. The second kappa shape index (κ2) is 8.62. The summed E-state index contributed by atoms with van der Waals surface area (Å²) < 4.78 is 27.5. The molecule has 1 aliphatic rings. The molecule has 0 fully saturated rings. The lowest BCUT2D eigenvalue weighted by molar-refractivity contribution is 0.0681. The van der Waals surface area contributed by atoms with Gasteiger partial charge in [0.15, 0.2) is 11.4 Å². The van der Waals surface area contributed by atoms with Crippen LogP contribution in [0.15, 0.2) is 59.5 Å². The number of nitrogens with one attached hydrogen (secondary N) is 1. The minimum absolute atomic E-state index is 0.0610. The molecule has 0 atom stereocenters. The fourth-order valence-electron chi connectivity index (χ4n) is 3.53. The maximum absolute atomic E-state index is 13.1. The van der Waals surface area contributed by atoms with E-state index in [9.17, 15) is 28.3 Å². The molecule has 2 amide bonds. The van der Waals surface area contributed by atoms with Crippen molar-refractivity contribution in [2.24, 2.45) is 0 Å². The zero-order valence-corrected chi connectivity index (χ0v) is 16.8. The van der Waals surface area contributed by atoms with Crippen molar-refractivity contribution >= 4 is 11.8 Å².